The Labute approximate surface area is 203 Å². The van der Waals surface area contributed by atoms with Gasteiger partial charge in [0.15, 0.2) is 0 Å². The molecule has 9 nitrogen and oxygen atoms in total. The number of carbonyl (C=O) groups is 3. The molecule has 0 saturated carbocycles. The van der Waals surface area contributed by atoms with E-state index in [2.05, 4.69) is 17.2 Å². The quantitative estimate of drug-likeness (QED) is 0.180. The number of nitrogens with zero attached hydrogens (tertiary/aromatic N) is 2. The number of carbonyl (C=O) groups excluding carboxylic acids is 2. The van der Waals surface area contributed by atoms with Crippen molar-refractivity contribution in [3.63, 3.8) is 0 Å². The Morgan fingerprint density at radius 3 is 2.34 bits per heavy atom. The van der Waals surface area contributed by atoms with Gasteiger partial charge in [0.1, 0.15) is 11.7 Å². The van der Waals surface area contributed by atoms with Crippen LogP contribution in [0.4, 0.5) is 0 Å². The smallest absolute Gasteiger partial charge is 0.335 e. The predicted octanol–water partition coefficient (Wildman–Crippen LogP) is 2.95. The zero-order chi connectivity index (χ0) is 25.2. The Kier molecular flexibility index (Phi) is 9.14. The fourth-order valence-electron chi connectivity index (χ4n) is 3.75. The molecule has 35 heavy (non-hydrogen) atoms. The lowest BCUT2D eigenvalue weighted by Gasteiger charge is -2.14. The number of aromatic nitrogens is 2. The van der Waals surface area contributed by atoms with Crippen LogP contribution < -0.4 is 10.8 Å². The Balaban J connectivity index is 1.71. The van der Waals surface area contributed by atoms with Crippen molar-refractivity contribution in [1.29, 1.82) is 0 Å². The van der Waals surface area contributed by atoms with Crippen molar-refractivity contribution in [3.05, 3.63) is 89.0 Å². The van der Waals surface area contributed by atoms with Gasteiger partial charge in [0.05, 0.1) is 17.8 Å². The first-order valence-corrected chi connectivity index (χ1v) is 11.5. The van der Waals surface area contributed by atoms with Gasteiger partial charge in [0.2, 0.25) is 5.91 Å². The maximum absolute atomic E-state index is 12.8. The highest BCUT2D eigenvalue weighted by molar-refractivity contribution is 6.00. The molecule has 0 radical (unpaired) electrons. The minimum Gasteiger partial charge on any atom is -0.478 e. The fourth-order valence-corrected chi connectivity index (χ4v) is 3.75. The minimum absolute atomic E-state index is 0.132. The number of imidazole rings is 1. The number of carboxylic acid groups (broad SMARTS) is 1. The Bertz CT molecular complexity index is 1140. The van der Waals surface area contributed by atoms with Crippen LogP contribution in [0.5, 0.6) is 0 Å². The molecule has 3 rings (SSSR count). The number of aromatic carboxylic acids is 1. The van der Waals surface area contributed by atoms with E-state index in [9.17, 15) is 14.4 Å². The van der Waals surface area contributed by atoms with Crippen molar-refractivity contribution in [3.8, 4) is 0 Å². The molecule has 0 aliphatic rings. The second-order valence-corrected chi connectivity index (χ2v) is 8.32. The highest BCUT2D eigenvalue weighted by atomic mass is 16.5. The lowest BCUT2D eigenvalue weighted by Crippen LogP contribution is -2.41. The van der Waals surface area contributed by atoms with Gasteiger partial charge in [-0.1, -0.05) is 55.8 Å². The van der Waals surface area contributed by atoms with Crippen LogP contribution in [0.15, 0.2) is 60.8 Å². The van der Waals surface area contributed by atoms with Crippen LogP contribution in [0.25, 0.3) is 0 Å². The number of hydrogen-bond acceptors (Lipinski definition) is 5. The number of unbranched alkanes of at least 4 members (excludes halogenated alkanes) is 1. The number of aryl methyl sites for hydroxylation is 1. The maximum Gasteiger partial charge on any atom is 0.335 e. The summed E-state index contributed by atoms with van der Waals surface area (Å²) >= 11 is 0. The second-order valence-electron chi connectivity index (χ2n) is 8.32. The number of carboxylic acids is 1. The molecule has 2 aromatic carbocycles. The van der Waals surface area contributed by atoms with Crippen LogP contribution in [0, 0.1) is 5.92 Å². The molecule has 1 aromatic heterocycles. The third-order valence-electron chi connectivity index (χ3n) is 5.69. The van der Waals surface area contributed by atoms with Crippen molar-refractivity contribution in [1.82, 2.24) is 20.3 Å². The van der Waals surface area contributed by atoms with Gasteiger partial charge >= 0.3 is 5.97 Å². The van der Waals surface area contributed by atoms with E-state index in [1.54, 1.807) is 29.7 Å². The van der Waals surface area contributed by atoms with Gasteiger partial charge in [-0.2, -0.15) is 0 Å². The summed E-state index contributed by atoms with van der Waals surface area (Å²) in [5.74, 6) is -2.47. The molecule has 1 unspecified atom stereocenters. The van der Waals surface area contributed by atoms with Crippen LogP contribution >= 0.6 is 0 Å². The summed E-state index contributed by atoms with van der Waals surface area (Å²) in [6.45, 7) is 2.74. The van der Waals surface area contributed by atoms with Crippen molar-refractivity contribution >= 4 is 17.8 Å². The molecule has 1 heterocycles. The summed E-state index contributed by atoms with van der Waals surface area (Å²) in [6.07, 6.45) is 4.73. The van der Waals surface area contributed by atoms with Gasteiger partial charge in [-0.25, -0.2) is 15.3 Å². The monoisotopic (exact) mass is 478 g/mol. The van der Waals surface area contributed by atoms with Crippen molar-refractivity contribution < 1.29 is 24.7 Å². The summed E-state index contributed by atoms with van der Waals surface area (Å²) < 4.78 is 1.99. The van der Waals surface area contributed by atoms with Crippen LogP contribution in [-0.2, 0) is 35.5 Å². The van der Waals surface area contributed by atoms with Crippen molar-refractivity contribution in [2.75, 3.05) is 0 Å². The molecule has 0 fully saturated rings. The topological polar surface area (TPSA) is 134 Å². The summed E-state index contributed by atoms with van der Waals surface area (Å²) in [4.78, 5) is 40.7. The highest BCUT2D eigenvalue weighted by Gasteiger charge is 2.27. The summed E-state index contributed by atoms with van der Waals surface area (Å²) in [5, 5.41) is 21.0. The lowest BCUT2D eigenvalue weighted by molar-refractivity contribution is -0.140. The summed E-state index contributed by atoms with van der Waals surface area (Å²) in [7, 11) is 0. The Hall–Kier alpha value is -3.98. The minimum atomic E-state index is -1.09. The largest absolute Gasteiger partial charge is 0.478 e. The molecule has 184 valence electrons. The predicted molar refractivity (Wildman–Crippen MR) is 129 cm³/mol. The van der Waals surface area contributed by atoms with Crippen LogP contribution in [-0.4, -0.2) is 37.6 Å². The van der Waals surface area contributed by atoms with E-state index in [1.165, 1.54) is 0 Å². The molecule has 0 saturated heterocycles. The molecule has 9 heteroatoms. The molecule has 0 bridgehead atoms. The van der Waals surface area contributed by atoms with Crippen LogP contribution in [0.1, 0.15) is 52.8 Å². The van der Waals surface area contributed by atoms with E-state index in [0.29, 0.717) is 12.2 Å². The van der Waals surface area contributed by atoms with Gasteiger partial charge in [-0.3, -0.25) is 14.8 Å². The molecule has 0 aliphatic carbocycles. The number of rotatable bonds is 12. The Morgan fingerprint density at radius 2 is 1.71 bits per heavy atom. The fraction of sp³-hybridized carbons (Fsp3) is 0.308. The standard InChI is InChI=1S/C26H30N4O5/c1-2-3-9-23-28-21(17-30(23)16-19-10-12-20(13-11-19)26(33)34)15-27-24(31)22(25(32)29-35)14-18-7-5-4-6-8-18/h4-8,10-13,17,22,35H,2-3,9,14-16H2,1H3,(H,27,31)(H,29,32)(H,33,34). The SMILES string of the molecule is CCCCc1nc(CNC(=O)C(Cc2ccccc2)C(=O)NO)cn1Cc1ccc(C(=O)O)cc1. The van der Waals surface area contributed by atoms with Crippen LogP contribution in [0.2, 0.25) is 0 Å². The average Bonchev–Trinajstić information content (AvgIpc) is 3.26. The first-order valence-electron chi connectivity index (χ1n) is 11.5. The molecule has 4 N–H and O–H groups in total. The maximum atomic E-state index is 12.8. The van der Waals surface area contributed by atoms with Gasteiger partial charge in [0, 0.05) is 19.2 Å². The zero-order valence-corrected chi connectivity index (χ0v) is 19.6. The third-order valence-corrected chi connectivity index (χ3v) is 5.69. The molecule has 2 amide bonds. The van der Waals surface area contributed by atoms with Gasteiger partial charge < -0.3 is 15.0 Å². The summed E-state index contributed by atoms with van der Waals surface area (Å²) in [5.41, 5.74) is 4.19. The first kappa shape index (κ1) is 25.6. The molecule has 3 aromatic rings. The Morgan fingerprint density at radius 1 is 1.00 bits per heavy atom. The summed E-state index contributed by atoms with van der Waals surface area (Å²) in [6, 6.07) is 15.8. The number of amides is 2. The number of hydrogen-bond donors (Lipinski definition) is 4. The zero-order valence-electron chi connectivity index (χ0n) is 19.6. The van der Waals surface area contributed by atoms with Gasteiger partial charge in [0.25, 0.3) is 5.91 Å². The van der Waals surface area contributed by atoms with Crippen molar-refractivity contribution in [2.45, 2.75) is 45.7 Å². The number of nitrogens with one attached hydrogen (secondary N) is 2. The van der Waals surface area contributed by atoms with E-state index in [-0.39, 0.29) is 18.5 Å². The lowest BCUT2D eigenvalue weighted by atomic mass is 9.98. The van der Waals surface area contributed by atoms with E-state index in [0.717, 1.165) is 36.2 Å². The van der Waals surface area contributed by atoms with Gasteiger partial charge in [-0.05, 0) is 36.1 Å². The third kappa shape index (κ3) is 7.25. The average molecular weight is 479 g/mol. The van der Waals surface area contributed by atoms with E-state index in [1.807, 2.05) is 41.1 Å². The van der Waals surface area contributed by atoms with Gasteiger partial charge in [-0.15, -0.1) is 0 Å². The molecular formula is C26H30N4O5. The van der Waals surface area contributed by atoms with E-state index < -0.39 is 23.7 Å². The number of hydroxylamine groups is 1. The highest BCUT2D eigenvalue weighted by Crippen LogP contribution is 2.14. The van der Waals surface area contributed by atoms with E-state index in [4.69, 9.17) is 10.3 Å². The van der Waals surface area contributed by atoms with Crippen LogP contribution in [0.3, 0.4) is 0 Å². The molecule has 1 atom stereocenters. The molecule has 0 aliphatic heterocycles. The normalized spacial score (nSPS) is 11.6. The number of benzene rings is 2. The second kappa shape index (κ2) is 12.5. The first-order chi connectivity index (χ1) is 16.9. The van der Waals surface area contributed by atoms with Crippen molar-refractivity contribution in [2.24, 2.45) is 5.92 Å². The van der Waals surface area contributed by atoms with E-state index >= 15 is 0 Å². The molecular weight excluding hydrogens is 448 g/mol. The molecule has 0 spiro atoms.